The second kappa shape index (κ2) is 11.8. The molecule has 0 aromatic rings. The molecule has 4 nitrogen and oxygen atoms in total. The topological polar surface area (TPSA) is 66.4 Å². The number of carbonyl (C=O) groups is 2. The summed E-state index contributed by atoms with van der Waals surface area (Å²) in [4.78, 5) is 21.2. The Hall–Kier alpha value is 0.316. The molecule has 0 atom stereocenters. The second-order valence-electron chi connectivity index (χ2n) is 3.35. The van der Waals surface area contributed by atoms with Crippen molar-refractivity contribution in [3.8, 4) is 0 Å². The van der Waals surface area contributed by atoms with Gasteiger partial charge in [-0.2, -0.15) is 0 Å². The van der Waals surface area contributed by atoms with E-state index in [9.17, 15) is 14.7 Å². The molecule has 0 aliphatic rings. The molecule has 0 heterocycles. The molecule has 0 fully saturated rings. The SMILES string of the molecule is C=C(CC(=O)OCCCCCC)C(=O)[O-].[K+]. The first-order chi connectivity index (χ1) is 7.07. The first-order valence-electron chi connectivity index (χ1n) is 5.12. The van der Waals surface area contributed by atoms with Gasteiger partial charge in [-0.3, -0.25) is 4.79 Å². The van der Waals surface area contributed by atoms with Crippen LogP contribution in [-0.2, 0) is 14.3 Å². The molecule has 0 radical (unpaired) electrons. The number of ether oxygens (including phenoxy) is 1. The van der Waals surface area contributed by atoms with Crippen molar-refractivity contribution in [2.24, 2.45) is 0 Å². The maximum absolute atomic E-state index is 11.0. The minimum Gasteiger partial charge on any atom is -0.545 e. The number of hydrogen-bond donors (Lipinski definition) is 0. The maximum atomic E-state index is 11.0. The molecule has 86 valence electrons. The zero-order chi connectivity index (χ0) is 11.7. The van der Waals surface area contributed by atoms with Gasteiger partial charge in [0.25, 0.3) is 0 Å². The van der Waals surface area contributed by atoms with Crippen LogP contribution in [0.5, 0.6) is 0 Å². The summed E-state index contributed by atoms with van der Waals surface area (Å²) in [6, 6.07) is 0. The van der Waals surface area contributed by atoms with Gasteiger partial charge in [-0.25, -0.2) is 0 Å². The molecule has 0 aliphatic heterocycles. The first-order valence-corrected chi connectivity index (χ1v) is 5.12. The summed E-state index contributed by atoms with van der Waals surface area (Å²) in [5.41, 5.74) is -0.242. The first kappa shape index (κ1) is 18.7. The summed E-state index contributed by atoms with van der Waals surface area (Å²) in [7, 11) is 0. The Labute approximate surface area is 139 Å². The molecule has 0 bridgehead atoms. The number of esters is 1. The minimum atomic E-state index is -1.40. The fourth-order valence-corrected chi connectivity index (χ4v) is 1.01. The normalized spacial score (nSPS) is 9.06. The molecule has 0 aromatic heterocycles. The molecule has 0 N–H and O–H groups in total. The molecule has 0 rings (SSSR count). The minimum absolute atomic E-state index is 0. The van der Waals surface area contributed by atoms with Gasteiger partial charge in [-0.05, 0) is 12.0 Å². The van der Waals surface area contributed by atoms with E-state index in [4.69, 9.17) is 4.74 Å². The van der Waals surface area contributed by atoms with Crippen LogP contribution in [0, 0.1) is 0 Å². The summed E-state index contributed by atoms with van der Waals surface area (Å²) < 4.78 is 4.82. The molecular weight excluding hydrogens is 235 g/mol. The predicted molar refractivity (Wildman–Crippen MR) is 53.9 cm³/mol. The second-order valence-corrected chi connectivity index (χ2v) is 3.35. The van der Waals surface area contributed by atoms with Gasteiger partial charge in [0.1, 0.15) is 0 Å². The summed E-state index contributed by atoms with van der Waals surface area (Å²) in [5.74, 6) is -1.96. The Bertz CT molecular complexity index is 238. The number of carboxylic acid groups (broad SMARTS) is 1. The Morgan fingerprint density at radius 2 is 1.88 bits per heavy atom. The van der Waals surface area contributed by atoms with Gasteiger partial charge >= 0.3 is 57.4 Å². The third-order valence-corrected chi connectivity index (χ3v) is 1.91. The summed E-state index contributed by atoms with van der Waals surface area (Å²) in [6.45, 7) is 5.63. The number of rotatable bonds is 8. The largest absolute Gasteiger partial charge is 1.00 e. The van der Waals surface area contributed by atoms with E-state index in [1.54, 1.807) is 0 Å². The number of hydrogen-bond acceptors (Lipinski definition) is 4. The number of carboxylic acids is 1. The van der Waals surface area contributed by atoms with Crippen molar-refractivity contribution in [2.45, 2.75) is 39.0 Å². The molecule has 0 saturated carbocycles. The molecule has 0 aliphatic carbocycles. The third-order valence-electron chi connectivity index (χ3n) is 1.91. The van der Waals surface area contributed by atoms with Crippen molar-refractivity contribution < 1.29 is 70.8 Å². The molecule has 0 aromatic carbocycles. The fourth-order valence-electron chi connectivity index (χ4n) is 1.01. The molecule has 0 unspecified atom stereocenters. The van der Waals surface area contributed by atoms with Gasteiger partial charge in [0, 0.05) is 0 Å². The van der Waals surface area contributed by atoms with Gasteiger partial charge in [0.05, 0.1) is 19.0 Å². The van der Waals surface area contributed by atoms with Crippen LogP contribution in [0.15, 0.2) is 12.2 Å². The molecular formula is C11H17KO4. The van der Waals surface area contributed by atoms with Crippen LogP contribution in [0.3, 0.4) is 0 Å². The zero-order valence-corrected chi connectivity index (χ0v) is 13.2. The van der Waals surface area contributed by atoms with Crippen molar-refractivity contribution in [3.05, 3.63) is 12.2 Å². The van der Waals surface area contributed by atoms with E-state index >= 15 is 0 Å². The van der Waals surface area contributed by atoms with Crippen molar-refractivity contribution in [3.63, 3.8) is 0 Å². The molecule has 16 heavy (non-hydrogen) atoms. The van der Waals surface area contributed by atoms with E-state index in [1.165, 1.54) is 0 Å². The molecule has 0 spiro atoms. The van der Waals surface area contributed by atoms with Gasteiger partial charge < -0.3 is 14.6 Å². The smallest absolute Gasteiger partial charge is 0.545 e. The summed E-state index contributed by atoms with van der Waals surface area (Å²) >= 11 is 0. The quantitative estimate of drug-likeness (QED) is 0.213. The average Bonchev–Trinajstić information content (AvgIpc) is 2.17. The van der Waals surface area contributed by atoms with Crippen LogP contribution in [0.4, 0.5) is 0 Å². The number of unbranched alkanes of at least 4 members (excludes halogenated alkanes) is 3. The molecule has 5 heteroatoms. The van der Waals surface area contributed by atoms with Crippen molar-refractivity contribution in [1.82, 2.24) is 0 Å². The van der Waals surface area contributed by atoms with E-state index in [1.807, 2.05) is 0 Å². The van der Waals surface area contributed by atoms with Gasteiger partial charge in [-0.1, -0.05) is 32.8 Å². The third kappa shape index (κ3) is 10.8. The van der Waals surface area contributed by atoms with Gasteiger partial charge in [0.2, 0.25) is 0 Å². The van der Waals surface area contributed by atoms with Crippen molar-refractivity contribution in [1.29, 1.82) is 0 Å². The van der Waals surface area contributed by atoms with Crippen LogP contribution >= 0.6 is 0 Å². The average molecular weight is 252 g/mol. The van der Waals surface area contributed by atoms with E-state index in [0.717, 1.165) is 25.7 Å². The van der Waals surface area contributed by atoms with E-state index in [0.29, 0.717) is 6.61 Å². The van der Waals surface area contributed by atoms with Crippen LogP contribution in [0.2, 0.25) is 0 Å². The summed E-state index contributed by atoms with van der Waals surface area (Å²) in [6.07, 6.45) is 3.78. The number of aliphatic carboxylic acids is 1. The Kier molecular flexibility index (Phi) is 13.8. The molecule has 0 saturated heterocycles. The summed E-state index contributed by atoms with van der Waals surface area (Å²) in [5, 5.41) is 10.2. The van der Waals surface area contributed by atoms with Crippen LogP contribution in [-0.4, -0.2) is 18.5 Å². The van der Waals surface area contributed by atoms with Crippen LogP contribution in [0.25, 0.3) is 0 Å². The van der Waals surface area contributed by atoms with Crippen LogP contribution in [0.1, 0.15) is 39.0 Å². The van der Waals surface area contributed by atoms with Gasteiger partial charge in [-0.15, -0.1) is 0 Å². The van der Waals surface area contributed by atoms with Crippen molar-refractivity contribution in [2.75, 3.05) is 6.61 Å². The predicted octanol–water partition coefficient (Wildman–Crippen LogP) is -2.19. The standard InChI is InChI=1S/C11H18O4.K/c1-3-4-5-6-7-15-10(12)8-9(2)11(13)14;/h2-8H2,1H3,(H,13,14);/q;+1/p-1. The Balaban J connectivity index is 0. The van der Waals surface area contributed by atoms with E-state index in [2.05, 4.69) is 13.5 Å². The Morgan fingerprint density at radius 3 is 2.38 bits per heavy atom. The van der Waals surface area contributed by atoms with E-state index < -0.39 is 11.9 Å². The zero-order valence-electron chi connectivity index (χ0n) is 10.1. The monoisotopic (exact) mass is 252 g/mol. The van der Waals surface area contributed by atoms with Crippen LogP contribution < -0.4 is 56.5 Å². The maximum Gasteiger partial charge on any atom is 1.00 e. The van der Waals surface area contributed by atoms with Crippen molar-refractivity contribution >= 4 is 11.9 Å². The van der Waals surface area contributed by atoms with Gasteiger partial charge in [0.15, 0.2) is 0 Å². The number of carbonyl (C=O) groups excluding carboxylic acids is 2. The van der Waals surface area contributed by atoms with E-state index in [-0.39, 0.29) is 63.4 Å². The molecule has 0 amide bonds. The fraction of sp³-hybridized carbons (Fsp3) is 0.636. The Morgan fingerprint density at radius 1 is 1.25 bits per heavy atom.